The minimum absolute atomic E-state index is 0.0638. The molecule has 1 fully saturated rings. The summed E-state index contributed by atoms with van der Waals surface area (Å²) in [4.78, 5) is 35.7. The Morgan fingerprint density at radius 1 is 0.571 bits per heavy atom. The van der Waals surface area contributed by atoms with Gasteiger partial charge in [0.05, 0.1) is 18.8 Å². The topological polar surface area (TPSA) is 250 Å². The molecule has 3 unspecified atom stereocenters. The summed E-state index contributed by atoms with van der Waals surface area (Å²) in [6.45, 7) is 2.92. The van der Waals surface area contributed by atoms with Gasteiger partial charge in [-0.25, -0.2) is 4.57 Å². The Labute approximate surface area is 374 Å². The lowest BCUT2D eigenvalue weighted by atomic mass is 9.85. The second kappa shape index (κ2) is 36.2. The largest absolute Gasteiger partial charge is 0.472 e. The molecule has 0 aliphatic heterocycles. The number of rotatable bonds is 35. The monoisotopic (exact) mass is 913 g/mol. The first kappa shape index (κ1) is 58.0. The van der Waals surface area contributed by atoms with Crippen molar-refractivity contribution in [2.45, 2.75) is 184 Å². The fraction of sp³-hybridized carbons (Fsp3) is 0.660. The average molecular weight is 913 g/mol. The molecule has 15 nitrogen and oxygen atoms in total. The molecule has 0 radical (unpaired) electrons. The van der Waals surface area contributed by atoms with E-state index < -0.39 is 87.9 Å². The van der Waals surface area contributed by atoms with Crippen molar-refractivity contribution >= 4 is 19.8 Å². The van der Waals surface area contributed by atoms with Gasteiger partial charge in [0, 0.05) is 12.8 Å². The number of aliphatic hydroxyl groups excluding tert-OH is 7. The van der Waals surface area contributed by atoms with E-state index in [1.165, 1.54) is 19.3 Å². The molecule has 0 bridgehead atoms. The second-order valence-corrected chi connectivity index (χ2v) is 17.0. The van der Waals surface area contributed by atoms with Crippen molar-refractivity contribution in [2.24, 2.45) is 0 Å². The van der Waals surface area contributed by atoms with E-state index in [2.05, 4.69) is 44.2 Å². The van der Waals surface area contributed by atoms with Gasteiger partial charge in [0.2, 0.25) is 0 Å². The summed E-state index contributed by atoms with van der Waals surface area (Å²) in [5, 5.41) is 70.3. The van der Waals surface area contributed by atoms with Crippen molar-refractivity contribution in [3.63, 3.8) is 0 Å². The van der Waals surface area contributed by atoms with Crippen LogP contribution in [0.5, 0.6) is 0 Å². The maximum Gasteiger partial charge on any atom is 0.472 e. The zero-order valence-electron chi connectivity index (χ0n) is 37.3. The molecule has 16 heteroatoms. The highest BCUT2D eigenvalue weighted by Crippen LogP contribution is 2.47. The first-order valence-corrected chi connectivity index (χ1v) is 24.1. The molecule has 1 rings (SSSR count). The number of phosphoric acid groups is 1. The predicted molar refractivity (Wildman–Crippen MR) is 242 cm³/mol. The number of hydrogen-bond acceptors (Lipinski definition) is 14. The Balaban J connectivity index is 2.63. The Bertz CT molecular complexity index is 1460. The van der Waals surface area contributed by atoms with E-state index in [1.807, 2.05) is 30.4 Å². The summed E-state index contributed by atoms with van der Waals surface area (Å²) in [5.41, 5.74) is 0. The molecule has 63 heavy (non-hydrogen) atoms. The van der Waals surface area contributed by atoms with Gasteiger partial charge >= 0.3 is 19.8 Å². The van der Waals surface area contributed by atoms with Crippen molar-refractivity contribution in [2.75, 3.05) is 13.2 Å². The standard InChI is InChI=1S/C47H77O15P/c1-3-5-7-8-9-10-11-12-13-14-15-16-20-23-27-33-40(50)59-35-39(36-60-63(57,58)62-47-45(55)43(53)42(52)44(54)46(47)56)61-41(51)34-28-32-38(49)31-26-22-19-17-18-21-25-30-37(48)29-24-6-4-2/h9-10,12-13,15-16,18-19,21-22,25-26,30-31,37-39,42-49,52-56H,3-8,11,14,17,20,23-24,27-29,32-36H2,1-2H3,(H,57,58)/b10-9-,13-12-,16-15-,21-18-,22-19-,30-25+,31-26+/t37-,38-,39-,42?,43-,44+,45-,46-,47?/m1/s1. The third-order valence-electron chi connectivity index (χ3n) is 9.92. The van der Waals surface area contributed by atoms with Gasteiger partial charge in [-0.3, -0.25) is 18.6 Å². The molecule has 10 atom stereocenters. The van der Waals surface area contributed by atoms with Crippen molar-refractivity contribution in [3.05, 3.63) is 85.1 Å². The van der Waals surface area contributed by atoms with E-state index in [4.69, 9.17) is 18.5 Å². The van der Waals surface area contributed by atoms with E-state index in [0.717, 1.165) is 57.8 Å². The van der Waals surface area contributed by atoms with Crippen molar-refractivity contribution in [1.29, 1.82) is 0 Å². The van der Waals surface area contributed by atoms with Crippen LogP contribution in [0.15, 0.2) is 85.1 Å². The van der Waals surface area contributed by atoms with Gasteiger partial charge < -0.3 is 50.1 Å². The molecular formula is C47H77O15P. The number of hydrogen-bond donors (Lipinski definition) is 8. The van der Waals surface area contributed by atoms with Crippen LogP contribution in [0.3, 0.4) is 0 Å². The number of unbranched alkanes of at least 4 members (excludes halogenated alkanes) is 7. The number of carbonyl (C=O) groups excluding carboxylic acids is 2. The van der Waals surface area contributed by atoms with Gasteiger partial charge in [-0.2, -0.15) is 0 Å². The maximum atomic E-state index is 12.8. The minimum Gasteiger partial charge on any atom is -0.462 e. The maximum absolute atomic E-state index is 12.8. The number of ether oxygens (including phenoxy) is 2. The van der Waals surface area contributed by atoms with Crippen LogP contribution in [0.4, 0.5) is 0 Å². The SMILES string of the molecule is CCCCC/C=C\C/C=C\C/C=C\CCCCC(=O)OC[C@H](COP(=O)(O)OC1[C@H](O)[C@H](O)C(O)[C@H](O)[C@H]1O)OC(=O)CCC[C@H](O)/C=C/C=C\C/C=C\C=C\[C@H](O)CCCCC. The van der Waals surface area contributed by atoms with Gasteiger partial charge in [-0.05, 0) is 70.6 Å². The van der Waals surface area contributed by atoms with Crippen LogP contribution in [-0.4, -0.2) is 121 Å². The lowest BCUT2D eigenvalue weighted by Crippen LogP contribution is -2.64. The molecule has 0 saturated heterocycles. The first-order chi connectivity index (χ1) is 30.2. The minimum atomic E-state index is -5.20. The molecular weight excluding hydrogens is 835 g/mol. The number of esters is 2. The highest BCUT2D eigenvalue weighted by Gasteiger charge is 2.51. The van der Waals surface area contributed by atoms with Crippen molar-refractivity contribution in [1.82, 2.24) is 0 Å². The van der Waals surface area contributed by atoms with Crippen LogP contribution in [0.2, 0.25) is 0 Å². The lowest BCUT2D eigenvalue weighted by Gasteiger charge is -2.41. The average Bonchev–Trinajstić information content (AvgIpc) is 3.25. The van der Waals surface area contributed by atoms with Crippen molar-refractivity contribution < 1.29 is 73.3 Å². The predicted octanol–water partition coefficient (Wildman–Crippen LogP) is 6.44. The molecule has 1 aliphatic carbocycles. The highest BCUT2D eigenvalue weighted by molar-refractivity contribution is 7.47. The van der Waals surface area contributed by atoms with E-state index in [9.17, 15) is 54.8 Å². The zero-order chi connectivity index (χ0) is 46.7. The molecule has 0 aromatic carbocycles. The van der Waals surface area contributed by atoms with E-state index in [-0.39, 0.29) is 25.7 Å². The number of carbonyl (C=O) groups is 2. The van der Waals surface area contributed by atoms with E-state index in [0.29, 0.717) is 12.8 Å². The quantitative estimate of drug-likeness (QED) is 0.0112. The summed E-state index contributed by atoms with van der Waals surface area (Å²) < 4.78 is 33.3. The number of allylic oxidation sites excluding steroid dienone is 12. The van der Waals surface area contributed by atoms with Crippen molar-refractivity contribution in [3.8, 4) is 0 Å². The second-order valence-electron chi connectivity index (χ2n) is 15.6. The van der Waals surface area contributed by atoms with Crippen LogP contribution >= 0.6 is 7.82 Å². The Kier molecular flexibility index (Phi) is 33.3. The molecule has 1 saturated carbocycles. The molecule has 8 N–H and O–H groups in total. The number of phosphoric ester groups is 1. The molecule has 1 aliphatic rings. The summed E-state index contributed by atoms with van der Waals surface area (Å²) in [6, 6.07) is 0. The van der Waals surface area contributed by atoms with Gasteiger partial charge in [0.25, 0.3) is 0 Å². The van der Waals surface area contributed by atoms with Gasteiger partial charge in [0.1, 0.15) is 43.2 Å². The molecule has 0 aromatic heterocycles. The first-order valence-electron chi connectivity index (χ1n) is 22.6. The highest BCUT2D eigenvalue weighted by atomic mass is 31.2. The summed E-state index contributed by atoms with van der Waals surface area (Å²) >= 11 is 0. The van der Waals surface area contributed by atoms with Crippen LogP contribution < -0.4 is 0 Å². The van der Waals surface area contributed by atoms with Crippen LogP contribution in [0.25, 0.3) is 0 Å². The summed E-state index contributed by atoms with van der Waals surface area (Å²) in [7, 11) is -5.20. The lowest BCUT2D eigenvalue weighted by molar-refractivity contribution is -0.220. The van der Waals surface area contributed by atoms with Gasteiger partial charge in [-0.1, -0.05) is 131 Å². The Hall–Kier alpha value is -3.05. The van der Waals surface area contributed by atoms with Crippen LogP contribution in [0, 0.1) is 0 Å². The molecule has 0 spiro atoms. The third-order valence-corrected chi connectivity index (χ3v) is 10.9. The molecule has 0 heterocycles. The fourth-order valence-corrected chi connectivity index (χ4v) is 7.13. The van der Waals surface area contributed by atoms with E-state index >= 15 is 0 Å². The van der Waals surface area contributed by atoms with Gasteiger partial charge in [-0.15, -0.1) is 0 Å². The normalized spacial score (nSPS) is 23.5. The molecule has 0 amide bonds. The van der Waals surface area contributed by atoms with Crippen LogP contribution in [-0.2, 0) is 32.7 Å². The zero-order valence-corrected chi connectivity index (χ0v) is 38.2. The Morgan fingerprint density at radius 3 is 1.62 bits per heavy atom. The summed E-state index contributed by atoms with van der Waals surface area (Å²) in [5.74, 6) is -1.38. The fourth-order valence-electron chi connectivity index (χ4n) is 6.15. The molecule has 360 valence electrons. The van der Waals surface area contributed by atoms with Gasteiger partial charge in [0.15, 0.2) is 6.10 Å². The summed E-state index contributed by atoms with van der Waals surface area (Å²) in [6.07, 6.45) is 25.5. The Morgan fingerprint density at radius 2 is 1.05 bits per heavy atom. The third kappa shape index (κ3) is 29.2. The number of aliphatic hydroxyl groups is 7. The van der Waals surface area contributed by atoms with E-state index in [1.54, 1.807) is 24.3 Å². The van der Waals surface area contributed by atoms with Crippen LogP contribution in [0.1, 0.15) is 129 Å². The smallest absolute Gasteiger partial charge is 0.462 e. The molecule has 0 aromatic rings.